The molecule has 2 aromatic carbocycles. The summed E-state index contributed by atoms with van der Waals surface area (Å²) in [6.07, 6.45) is 9.31. The molecule has 1 aliphatic heterocycles. The Balaban J connectivity index is 1.41. The fourth-order valence-corrected chi connectivity index (χ4v) is 3.98. The van der Waals surface area contributed by atoms with Gasteiger partial charge in [0.25, 0.3) is 17.4 Å². The van der Waals surface area contributed by atoms with E-state index < -0.39 is 11.2 Å². The normalized spacial score (nSPS) is 12.6. The number of nitrogens with zero attached hydrogens (tertiary/aromatic N) is 2. The average molecular weight is 482 g/mol. The predicted molar refractivity (Wildman–Crippen MR) is 138 cm³/mol. The van der Waals surface area contributed by atoms with Crippen molar-refractivity contribution in [3.05, 3.63) is 116 Å². The van der Waals surface area contributed by atoms with Crippen molar-refractivity contribution in [2.45, 2.75) is 39.2 Å². The van der Waals surface area contributed by atoms with Gasteiger partial charge in [0.15, 0.2) is 0 Å². The first-order chi connectivity index (χ1) is 17.5. The molecule has 0 bridgehead atoms. The molecule has 1 N–H and O–H groups in total. The molecule has 0 aliphatic carbocycles. The number of aryl methyl sites for hydroxylation is 1. The second-order valence-electron chi connectivity index (χ2n) is 8.60. The summed E-state index contributed by atoms with van der Waals surface area (Å²) in [4.78, 5) is 52.8. The number of imide groups is 1. The van der Waals surface area contributed by atoms with Crippen LogP contribution in [-0.4, -0.2) is 32.8 Å². The van der Waals surface area contributed by atoms with Crippen LogP contribution in [0.2, 0.25) is 0 Å². The minimum Gasteiger partial charge on any atom is -0.296 e. The highest BCUT2D eigenvalue weighted by Crippen LogP contribution is 2.22. The molecule has 1 aliphatic rings. The zero-order chi connectivity index (χ0) is 25.5. The van der Waals surface area contributed by atoms with Gasteiger partial charge in [0.2, 0.25) is 0 Å². The number of allylic oxidation sites excluding steroid dienone is 1. The monoisotopic (exact) mass is 481 g/mol. The van der Waals surface area contributed by atoms with Crippen LogP contribution in [0.15, 0.2) is 76.5 Å². The van der Waals surface area contributed by atoms with Crippen LogP contribution in [0.3, 0.4) is 0 Å². The Bertz CT molecular complexity index is 1450. The molecule has 0 fully saturated rings. The summed E-state index contributed by atoms with van der Waals surface area (Å²) in [7, 11) is 0. The lowest BCUT2D eigenvalue weighted by Crippen LogP contribution is -2.31. The molecule has 2 heterocycles. The van der Waals surface area contributed by atoms with Crippen molar-refractivity contribution >= 4 is 11.8 Å². The first-order valence-electron chi connectivity index (χ1n) is 12.0. The molecule has 36 heavy (non-hydrogen) atoms. The fraction of sp³-hybridized carbons (Fsp3) is 0.241. The van der Waals surface area contributed by atoms with E-state index in [0.29, 0.717) is 11.1 Å². The molecule has 0 saturated carbocycles. The molecule has 0 spiro atoms. The summed E-state index contributed by atoms with van der Waals surface area (Å²) in [6, 6.07) is 14.6. The predicted octanol–water partition coefficient (Wildman–Crippen LogP) is 3.52. The second-order valence-corrected chi connectivity index (χ2v) is 8.60. The molecule has 4 rings (SSSR count). The van der Waals surface area contributed by atoms with E-state index in [1.165, 1.54) is 29.2 Å². The number of fused-ring (bicyclic) bond motifs is 1. The number of nitrogens with one attached hydrogen (secondary N) is 1. The van der Waals surface area contributed by atoms with Crippen molar-refractivity contribution in [1.29, 1.82) is 0 Å². The number of aromatic nitrogens is 2. The van der Waals surface area contributed by atoms with Crippen molar-refractivity contribution in [1.82, 2.24) is 14.5 Å². The molecule has 0 atom stereocenters. The van der Waals surface area contributed by atoms with Crippen LogP contribution >= 0.6 is 0 Å². The molecular formula is C29H27N3O4. The van der Waals surface area contributed by atoms with E-state index in [1.807, 2.05) is 24.3 Å². The van der Waals surface area contributed by atoms with Gasteiger partial charge in [-0.2, -0.15) is 0 Å². The van der Waals surface area contributed by atoms with Crippen molar-refractivity contribution in [3.63, 3.8) is 0 Å². The Morgan fingerprint density at radius 1 is 0.833 bits per heavy atom. The maximum atomic E-state index is 12.4. The van der Waals surface area contributed by atoms with Gasteiger partial charge in [0, 0.05) is 24.8 Å². The minimum absolute atomic E-state index is 0.0888. The smallest absolute Gasteiger partial charge is 0.296 e. The molecule has 0 saturated heterocycles. The van der Waals surface area contributed by atoms with Gasteiger partial charge in [-0.05, 0) is 42.7 Å². The topological polar surface area (TPSA) is 92.2 Å². The minimum atomic E-state index is -0.563. The van der Waals surface area contributed by atoms with Crippen LogP contribution < -0.4 is 11.2 Å². The van der Waals surface area contributed by atoms with Crippen LogP contribution in [-0.2, 0) is 13.0 Å². The number of amides is 2. The Labute approximate surface area is 209 Å². The highest BCUT2D eigenvalue weighted by Gasteiger charge is 2.34. The van der Waals surface area contributed by atoms with Gasteiger partial charge in [-0.1, -0.05) is 68.0 Å². The van der Waals surface area contributed by atoms with E-state index in [1.54, 1.807) is 36.4 Å². The van der Waals surface area contributed by atoms with E-state index in [0.717, 1.165) is 23.3 Å². The lowest BCUT2D eigenvalue weighted by atomic mass is 10.1. The molecule has 1 aromatic heterocycles. The number of carbonyl (C=O) groups is 2. The number of aromatic amines is 1. The Morgan fingerprint density at radius 2 is 1.50 bits per heavy atom. The summed E-state index contributed by atoms with van der Waals surface area (Å²) in [6.45, 7) is 2.42. The molecule has 7 heteroatoms. The Kier molecular flexibility index (Phi) is 7.76. The fourth-order valence-electron chi connectivity index (χ4n) is 3.98. The zero-order valence-electron chi connectivity index (χ0n) is 20.1. The quantitative estimate of drug-likeness (QED) is 0.231. The molecule has 7 nitrogen and oxygen atoms in total. The van der Waals surface area contributed by atoms with Crippen molar-refractivity contribution in [3.8, 4) is 11.8 Å². The Hall–Kier alpha value is -4.44. The van der Waals surface area contributed by atoms with Gasteiger partial charge in [-0.3, -0.25) is 28.8 Å². The van der Waals surface area contributed by atoms with Crippen LogP contribution in [0.4, 0.5) is 0 Å². The number of unbranched alkanes of at least 4 members (excludes halogenated alkanes) is 2. The van der Waals surface area contributed by atoms with Gasteiger partial charge in [0.05, 0.1) is 11.1 Å². The van der Waals surface area contributed by atoms with E-state index in [2.05, 4.69) is 23.7 Å². The van der Waals surface area contributed by atoms with E-state index in [4.69, 9.17) is 0 Å². The average Bonchev–Trinajstić information content (AvgIpc) is 3.13. The molecule has 3 aromatic rings. The zero-order valence-corrected chi connectivity index (χ0v) is 20.1. The highest BCUT2D eigenvalue weighted by atomic mass is 16.2. The van der Waals surface area contributed by atoms with Gasteiger partial charge in [0.1, 0.15) is 5.56 Å². The van der Waals surface area contributed by atoms with Crippen LogP contribution in [0, 0.1) is 11.8 Å². The van der Waals surface area contributed by atoms with Gasteiger partial charge < -0.3 is 0 Å². The molecule has 0 unspecified atom stereocenters. The summed E-state index contributed by atoms with van der Waals surface area (Å²) in [5.41, 5.74) is 1.89. The van der Waals surface area contributed by atoms with Crippen molar-refractivity contribution in [2.75, 3.05) is 6.54 Å². The maximum Gasteiger partial charge on any atom is 0.328 e. The Morgan fingerprint density at radius 3 is 2.17 bits per heavy atom. The number of benzene rings is 2. The third kappa shape index (κ3) is 5.61. The van der Waals surface area contributed by atoms with Gasteiger partial charge in [-0.15, -0.1) is 0 Å². The number of hydrogen-bond donors (Lipinski definition) is 1. The molecule has 2 amide bonds. The molecule has 182 valence electrons. The SMILES string of the molecule is CCCCCc1ccc(C#Cc2cn(C/C=C/CN3C(=O)c4ccccc4C3=O)c(=O)[nH]c2=O)cc1. The maximum absolute atomic E-state index is 12.4. The van der Waals surface area contributed by atoms with Gasteiger partial charge >= 0.3 is 5.69 Å². The van der Waals surface area contributed by atoms with E-state index in [-0.39, 0.29) is 30.5 Å². The van der Waals surface area contributed by atoms with E-state index in [9.17, 15) is 19.2 Å². The lowest BCUT2D eigenvalue weighted by molar-refractivity contribution is 0.0672. The third-order valence-corrected chi connectivity index (χ3v) is 6.01. The number of carbonyl (C=O) groups excluding carboxylic acids is 2. The van der Waals surface area contributed by atoms with Crippen molar-refractivity contribution in [2.24, 2.45) is 0 Å². The summed E-state index contributed by atoms with van der Waals surface area (Å²) < 4.78 is 1.32. The number of H-pyrrole nitrogens is 1. The first kappa shape index (κ1) is 24.7. The first-order valence-corrected chi connectivity index (χ1v) is 12.0. The van der Waals surface area contributed by atoms with Crippen LogP contribution in [0.25, 0.3) is 0 Å². The van der Waals surface area contributed by atoms with E-state index >= 15 is 0 Å². The number of rotatable bonds is 8. The lowest BCUT2D eigenvalue weighted by Gasteiger charge is -2.10. The summed E-state index contributed by atoms with van der Waals surface area (Å²) in [5.74, 6) is 5.15. The van der Waals surface area contributed by atoms with Crippen LogP contribution in [0.5, 0.6) is 0 Å². The highest BCUT2D eigenvalue weighted by molar-refractivity contribution is 6.21. The largest absolute Gasteiger partial charge is 0.328 e. The molecule has 0 radical (unpaired) electrons. The standard InChI is InChI=1S/C29H27N3O4/c1-2-3-4-9-21-12-14-22(15-13-21)16-17-23-20-31(29(36)30-26(23)33)18-7-8-19-32-27(34)24-10-5-6-11-25(24)28(32)35/h5-8,10-15,20H,2-4,9,18-19H2,1H3,(H,30,33,36)/b8-7+. The van der Waals surface area contributed by atoms with Crippen molar-refractivity contribution < 1.29 is 9.59 Å². The third-order valence-electron chi connectivity index (χ3n) is 6.01. The summed E-state index contributed by atoms with van der Waals surface area (Å²) in [5, 5.41) is 0. The van der Waals surface area contributed by atoms with Crippen LogP contribution in [0.1, 0.15) is 63.6 Å². The van der Waals surface area contributed by atoms with Gasteiger partial charge in [-0.25, -0.2) is 4.79 Å². The molecular weight excluding hydrogens is 454 g/mol. The number of hydrogen-bond acceptors (Lipinski definition) is 4. The second kappa shape index (κ2) is 11.3. The summed E-state index contributed by atoms with van der Waals surface area (Å²) >= 11 is 0.